The first kappa shape index (κ1) is 23.6. The van der Waals surface area contributed by atoms with Crippen molar-refractivity contribution in [1.82, 2.24) is 14.5 Å². The van der Waals surface area contributed by atoms with Crippen molar-refractivity contribution in [3.05, 3.63) is 89.4 Å². The van der Waals surface area contributed by atoms with Crippen LogP contribution in [-0.4, -0.2) is 39.6 Å². The first-order valence-electron chi connectivity index (χ1n) is 11.3. The van der Waals surface area contributed by atoms with Crippen molar-refractivity contribution in [1.29, 1.82) is 5.26 Å². The smallest absolute Gasteiger partial charge is 0.326 e. The number of nitriles is 1. The normalized spacial score (nSPS) is 10.7. The lowest BCUT2D eigenvalue weighted by molar-refractivity contribution is -0.141. The minimum absolute atomic E-state index is 0.202. The highest BCUT2D eigenvalue weighted by Crippen LogP contribution is 2.20. The Kier molecular flexibility index (Phi) is 7.17. The molecule has 0 aliphatic rings. The van der Waals surface area contributed by atoms with Crippen LogP contribution in [-0.2, 0) is 29.4 Å². The van der Waals surface area contributed by atoms with Gasteiger partial charge in [0.25, 0.3) is 5.91 Å². The van der Waals surface area contributed by atoms with Gasteiger partial charge in [-0.15, -0.1) is 0 Å². The number of amides is 1. The van der Waals surface area contributed by atoms with Crippen molar-refractivity contribution < 1.29 is 14.3 Å². The summed E-state index contributed by atoms with van der Waals surface area (Å²) in [5.74, 6) is -0.00185. The second-order valence-corrected chi connectivity index (χ2v) is 7.99. The molecule has 1 amide bonds. The topological polar surface area (TPSA) is 101 Å². The van der Waals surface area contributed by atoms with E-state index in [0.29, 0.717) is 34.4 Å². The maximum atomic E-state index is 13.4. The van der Waals surface area contributed by atoms with Crippen LogP contribution in [0.1, 0.15) is 34.2 Å². The minimum Gasteiger partial charge on any atom is -0.465 e. The van der Waals surface area contributed by atoms with Crippen molar-refractivity contribution in [3.63, 3.8) is 0 Å². The molecule has 8 nitrogen and oxygen atoms in total. The van der Waals surface area contributed by atoms with Crippen LogP contribution in [0.15, 0.2) is 66.9 Å². The molecule has 8 heteroatoms. The molecule has 0 aliphatic carbocycles. The Balaban J connectivity index is 1.58. The van der Waals surface area contributed by atoms with Gasteiger partial charge in [0, 0.05) is 25.4 Å². The van der Waals surface area contributed by atoms with E-state index in [-0.39, 0.29) is 19.1 Å². The van der Waals surface area contributed by atoms with Gasteiger partial charge in [-0.3, -0.25) is 14.5 Å². The van der Waals surface area contributed by atoms with Gasteiger partial charge in [0.15, 0.2) is 5.65 Å². The van der Waals surface area contributed by atoms with E-state index in [0.717, 1.165) is 17.8 Å². The van der Waals surface area contributed by atoms with E-state index in [9.17, 15) is 9.59 Å². The number of anilines is 1. The van der Waals surface area contributed by atoms with Gasteiger partial charge in [-0.2, -0.15) is 5.26 Å². The third-order valence-electron chi connectivity index (χ3n) is 5.67. The zero-order chi connectivity index (χ0) is 24.8. The number of hydrogen-bond donors (Lipinski definition) is 0. The monoisotopic (exact) mass is 467 g/mol. The van der Waals surface area contributed by atoms with Crippen molar-refractivity contribution in [2.24, 2.45) is 7.05 Å². The van der Waals surface area contributed by atoms with Gasteiger partial charge >= 0.3 is 5.97 Å². The largest absolute Gasteiger partial charge is 0.465 e. The number of benzene rings is 2. The Morgan fingerprint density at radius 3 is 2.51 bits per heavy atom. The lowest BCUT2D eigenvalue weighted by atomic mass is 10.1. The summed E-state index contributed by atoms with van der Waals surface area (Å²) in [6.07, 6.45) is 2.95. The van der Waals surface area contributed by atoms with Crippen LogP contribution < -0.4 is 4.90 Å². The number of carbonyl (C=O) groups is 2. The molecular weight excluding hydrogens is 442 g/mol. The van der Waals surface area contributed by atoms with E-state index >= 15 is 0 Å². The number of aromatic nitrogens is 3. The number of ether oxygens (including phenoxy) is 1. The summed E-state index contributed by atoms with van der Waals surface area (Å²) in [5.41, 5.74) is 3.95. The molecule has 0 saturated heterocycles. The van der Waals surface area contributed by atoms with Crippen LogP contribution in [0.5, 0.6) is 0 Å². The number of nitrogens with zero attached hydrogens (tertiary/aromatic N) is 5. The molecule has 2 aromatic carbocycles. The van der Waals surface area contributed by atoms with E-state index < -0.39 is 5.97 Å². The summed E-state index contributed by atoms with van der Waals surface area (Å²) in [6, 6.07) is 20.3. The number of aryl methyl sites for hydroxylation is 3. The Morgan fingerprint density at radius 2 is 1.83 bits per heavy atom. The van der Waals surface area contributed by atoms with Crippen LogP contribution in [0.2, 0.25) is 0 Å². The summed E-state index contributed by atoms with van der Waals surface area (Å²) in [6.45, 7) is 1.76. The number of esters is 1. The Hall–Kier alpha value is -4.51. The Bertz CT molecular complexity index is 1390. The number of pyridine rings is 1. The lowest BCUT2D eigenvalue weighted by Crippen LogP contribution is -2.36. The molecule has 0 radical (unpaired) electrons. The van der Waals surface area contributed by atoms with Gasteiger partial charge in [0.1, 0.15) is 17.9 Å². The first-order valence-corrected chi connectivity index (χ1v) is 11.3. The van der Waals surface area contributed by atoms with Gasteiger partial charge in [-0.05, 0) is 49.2 Å². The van der Waals surface area contributed by atoms with Gasteiger partial charge in [-0.25, -0.2) is 9.97 Å². The minimum atomic E-state index is -0.485. The summed E-state index contributed by atoms with van der Waals surface area (Å²) in [4.78, 5) is 36.2. The number of rotatable bonds is 8. The number of imidazole rings is 1. The third-order valence-corrected chi connectivity index (χ3v) is 5.67. The lowest BCUT2D eigenvalue weighted by Gasteiger charge is -2.21. The summed E-state index contributed by atoms with van der Waals surface area (Å²) < 4.78 is 6.98. The van der Waals surface area contributed by atoms with Crippen LogP contribution in [0.25, 0.3) is 11.2 Å². The van der Waals surface area contributed by atoms with Crippen LogP contribution in [0.4, 0.5) is 5.69 Å². The molecule has 4 rings (SSSR count). The van der Waals surface area contributed by atoms with E-state index in [1.807, 2.05) is 29.8 Å². The quantitative estimate of drug-likeness (QED) is 0.365. The fourth-order valence-corrected chi connectivity index (χ4v) is 3.85. The number of fused-ring (bicyclic) bond motifs is 1. The molecule has 2 heterocycles. The average Bonchev–Trinajstić information content (AvgIpc) is 3.21. The number of carbonyl (C=O) groups excluding carboxylic acids is 2. The highest BCUT2D eigenvalue weighted by atomic mass is 16.5. The van der Waals surface area contributed by atoms with E-state index in [1.165, 1.54) is 11.1 Å². The summed E-state index contributed by atoms with van der Waals surface area (Å²) in [7, 11) is 1.90. The van der Waals surface area contributed by atoms with Gasteiger partial charge in [0.05, 0.1) is 23.8 Å². The molecule has 0 fully saturated rings. The maximum absolute atomic E-state index is 13.4. The van der Waals surface area contributed by atoms with Crippen molar-refractivity contribution >= 4 is 28.7 Å². The zero-order valence-electron chi connectivity index (χ0n) is 19.6. The number of para-hydroxylation sites is 1. The average molecular weight is 468 g/mol. The summed E-state index contributed by atoms with van der Waals surface area (Å²) in [5, 5.41) is 8.96. The highest BCUT2D eigenvalue weighted by Gasteiger charge is 2.23. The second kappa shape index (κ2) is 10.6. The Morgan fingerprint density at radius 1 is 1.09 bits per heavy atom. The summed E-state index contributed by atoms with van der Waals surface area (Å²) >= 11 is 0. The van der Waals surface area contributed by atoms with E-state index in [4.69, 9.17) is 15.0 Å². The van der Waals surface area contributed by atoms with Crippen molar-refractivity contribution in [2.75, 3.05) is 18.1 Å². The molecule has 0 aliphatic heterocycles. The molecule has 0 N–H and O–H groups in total. The molecule has 0 bridgehead atoms. The molecule has 4 aromatic rings. The highest BCUT2D eigenvalue weighted by molar-refractivity contribution is 6.09. The maximum Gasteiger partial charge on any atom is 0.326 e. The van der Waals surface area contributed by atoms with Gasteiger partial charge < -0.3 is 9.30 Å². The molecular formula is C27H25N5O3. The van der Waals surface area contributed by atoms with Crippen LogP contribution >= 0.6 is 0 Å². The van der Waals surface area contributed by atoms with E-state index in [2.05, 4.69) is 11.1 Å². The molecule has 0 unspecified atom stereocenters. The first-order chi connectivity index (χ1) is 17.0. The van der Waals surface area contributed by atoms with Gasteiger partial charge in [0.2, 0.25) is 0 Å². The van der Waals surface area contributed by atoms with Crippen molar-refractivity contribution in [2.45, 2.75) is 19.8 Å². The molecule has 0 spiro atoms. The van der Waals surface area contributed by atoms with Crippen LogP contribution in [0.3, 0.4) is 0 Å². The molecule has 0 atom stereocenters. The fraction of sp³-hybridized carbons (Fsp3) is 0.222. The standard InChI is InChI=1S/C27H25N5O3/c1-3-35-25(33)18-32(22-7-5-4-6-8-22)27(34)21-15-23-26(29-17-21)31(2)24(30-23)14-13-19-9-11-20(16-28)12-10-19/h4-12,15,17H,3,13-14,18H2,1-2H3. The molecule has 0 saturated carbocycles. The number of hydrogen-bond acceptors (Lipinski definition) is 6. The predicted octanol–water partition coefficient (Wildman–Crippen LogP) is 3.84. The van der Waals surface area contributed by atoms with E-state index in [1.54, 1.807) is 49.4 Å². The van der Waals surface area contributed by atoms with Crippen molar-refractivity contribution in [3.8, 4) is 6.07 Å². The fourth-order valence-electron chi connectivity index (χ4n) is 3.85. The molecule has 176 valence electrons. The van der Waals surface area contributed by atoms with Crippen LogP contribution in [0, 0.1) is 11.3 Å². The predicted molar refractivity (Wildman–Crippen MR) is 132 cm³/mol. The molecule has 35 heavy (non-hydrogen) atoms. The Labute approximate surface area is 203 Å². The second-order valence-electron chi connectivity index (χ2n) is 7.99. The zero-order valence-corrected chi connectivity index (χ0v) is 19.6. The SMILES string of the molecule is CCOC(=O)CN(C(=O)c1cnc2c(c1)nc(CCc1ccc(C#N)cc1)n2C)c1ccccc1. The molecule has 2 aromatic heterocycles. The third kappa shape index (κ3) is 5.36. The van der Waals surface area contributed by atoms with Gasteiger partial charge in [-0.1, -0.05) is 30.3 Å².